The van der Waals surface area contributed by atoms with Crippen LogP contribution < -0.4 is 0 Å². The largest absolute Gasteiger partial charge is 0.481 e. The molecule has 21 atom stereocenters. The number of ether oxygens (including phenoxy) is 1. The molecule has 10 fully saturated rings. The quantitative estimate of drug-likeness (QED) is 0.196. The van der Waals surface area contributed by atoms with E-state index in [-0.39, 0.29) is 44.5 Å². The van der Waals surface area contributed by atoms with Crippen LogP contribution in [0.3, 0.4) is 0 Å². The zero-order chi connectivity index (χ0) is 50.3. The van der Waals surface area contributed by atoms with Crippen LogP contribution in [0.5, 0.6) is 0 Å². The van der Waals surface area contributed by atoms with Crippen LogP contribution in [0, 0.1) is 119 Å². The third-order valence-corrected chi connectivity index (χ3v) is 28.7. The van der Waals surface area contributed by atoms with Gasteiger partial charge in [-0.05, 0) is 250 Å². The molecule has 0 bridgehead atoms. The number of aliphatic carboxylic acids is 1. The highest BCUT2D eigenvalue weighted by atomic mass is 16.5. The van der Waals surface area contributed by atoms with Crippen molar-refractivity contribution in [2.45, 2.75) is 243 Å². The molecule has 69 heavy (non-hydrogen) atoms. The summed E-state index contributed by atoms with van der Waals surface area (Å²) in [5.41, 5.74) is 2.35. The summed E-state index contributed by atoms with van der Waals surface area (Å²) >= 11 is 0. The van der Waals surface area contributed by atoms with Crippen molar-refractivity contribution in [3.63, 3.8) is 0 Å². The van der Waals surface area contributed by atoms with E-state index < -0.39 is 35.3 Å². The van der Waals surface area contributed by atoms with Gasteiger partial charge in [0.15, 0.2) is 0 Å². The van der Waals surface area contributed by atoms with E-state index in [2.05, 4.69) is 110 Å². The van der Waals surface area contributed by atoms with Gasteiger partial charge in [-0.2, -0.15) is 0 Å². The number of allylic oxidation sites excluding steroid dienone is 2. The molecule has 10 saturated carbocycles. The van der Waals surface area contributed by atoms with E-state index in [1.807, 2.05) is 0 Å². The molecule has 0 amide bonds. The molecule has 0 saturated heterocycles. The second-order valence-electron chi connectivity index (χ2n) is 31.3. The van der Waals surface area contributed by atoms with Crippen LogP contribution in [0.1, 0.15) is 232 Å². The van der Waals surface area contributed by atoms with Gasteiger partial charge in [-0.15, -0.1) is 0 Å². The summed E-state index contributed by atoms with van der Waals surface area (Å²) in [6.07, 6.45) is 22.6. The van der Waals surface area contributed by atoms with E-state index in [0.717, 1.165) is 50.4 Å². The van der Waals surface area contributed by atoms with E-state index >= 15 is 4.79 Å². The number of carboxylic acids is 1. The van der Waals surface area contributed by atoms with Gasteiger partial charge in [-0.25, -0.2) is 0 Å². The fourth-order valence-electron chi connectivity index (χ4n) is 24.6. The lowest BCUT2D eigenvalue weighted by Gasteiger charge is -2.74. The number of hydrogen-bond acceptors (Lipinski definition) is 4. The molecule has 2 N–H and O–H groups in total. The Morgan fingerprint density at radius 3 is 1.45 bits per heavy atom. The SMILES string of the molecule is C=C(C)[C@@H]1CC[C@]2(C)CC[C@]3(C)[C@H](CC[C@@H]4[C@@]5(C)CC[C@H](OC(=O)C(CC(=O)O)[C@@]6(O)CC[C@]7(C)[C@H]8CC[C@@H]9[C@H]%10[C@H](C(=C)C)CC[C@]%10(C)CC[C@@]9(C)[C@]8(C)CC[C@H]7C6(C)C)C(C)(C)[C@@H]5CC[C@]43C)[C@@H]12. The standard InChI is InChI=1S/C64H102O5/c1-38(2)40-21-26-56(9)31-34-60(13)42(51(40)56)17-19-47-58(11)28-25-49(54(5,6)45(58)23-29-62(47,60)15)69-53(67)44(37-50(65)66)64(68)36-33-59(12)46(55(64,7)8)24-30-63(16)48(59)20-18-43-52-41(39(3)4)22-27-57(52,10)32-35-61(43,63)14/h40-49,51-52,68H,1,3,17-37H2,2,4-16H3,(H,65,66)/t40-,41-,42+,43+,44?,45-,46-,47+,48+,49-,51+,52+,56+,57+,58-,59-,60+,61+,62+,63+,64-/m0/s1. The first kappa shape index (κ1) is 50.9. The number of fused-ring (bicyclic) bond motifs is 14. The molecule has 10 rings (SSSR count). The van der Waals surface area contributed by atoms with Gasteiger partial charge >= 0.3 is 11.9 Å². The van der Waals surface area contributed by atoms with Gasteiger partial charge in [0.25, 0.3) is 0 Å². The minimum atomic E-state index is -1.49. The summed E-state index contributed by atoms with van der Waals surface area (Å²) < 4.78 is 6.86. The Labute approximate surface area is 421 Å². The monoisotopic (exact) mass is 951 g/mol. The van der Waals surface area contributed by atoms with E-state index in [0.29, 0.717) is 64.1 Å². The van der Waals surface area contributed by atoms with Gasteiger partial charge in [0.2, 0.25) is 0 Å². The summed E-state index contributed by atoms with van der Waals surface area (Å²) in [5, 5.41) is 24.1. The molecule has 10 aliphatic carbocycles. The number of hydrogen-bond donors (Lipinski definition) is 2. The Morgan fingerprint density at radius 1 is 0.522 bits per heavy atom. The van der Waals surface area contributed by atoms with Gasteiger partial charge in [0.1, 0.15) is 6.10 Å². The maximum Gasteiger partial charge on any atom is 0.312 e. The Morgan fingerprint density at radius 2 is 0.986 bits per heavy atom. The van der Waals surface area contributed by atoms with Crippen molar-refractivity contribution in [2.75, 3.05) is 0 Å². The van der Waals surface area contributed by atoms with Crippen LogP contribution in [0.15, 0.2) is 24.3 Å². The van der Waals surface area contributed by atoms with Crippen LogP contribution in [-0.4, -0.2) is 33.9 Å². The van der Waals surface area contributed by atoms with Gasteiger partial charge < -0.3 is 14.9 Å². The molecule has 0 spiro atoms. The average molecular weight is 952 g/mol. The van der Waals surface area contributed by atoms with Crippen LogP contribution in [0.4, 0.5) is 0 Å². The van der Waals surface area contributed by atoms with E-state index in [1.165, 1.54) is 94.6 Å². The summed E-state index contributed by atoms with van der Waals surface area (Å²) in [4.78, 5) is 28.2. The highest BCUT2D eigenvalue weighted by Gasteiger charge is 2.74. The predicted octanol–water partition coefficient (Wildman–Crippen LogP) is 16.1. The number of carbonyl (C=O) groups excluding carboxylic acids is 1. The fraction of sp³-hybridized carbons (Fsp3) is 0.906. The van der Waals surface area contributed by atoms with Crippen molar-refractivity contribution in [1.29, 1.82) is 0 Å². The molecule has 5 heteroatoms. The maximum atomic E-state index is 15.2. The van der Waals surface area contributed by atoms with Gasteiger partial charge in [-0.3, -0.25) is 9.59 Å². The maximum absolute atomic E-state index is 15.2. The fourth-order valence-corrected chi connectivity index (χ4v) is 24.6. The Kier molecular flexibility index (Phi) is 11.6. The summed E-state index contributed by atoms with van der Waals surface area (Å²) in [7, 11) is 0. The van der Waals surface area contributed by atoms with Crippen molar-refractivity contribution < 1.29 is 24.5 Å². The minimum Gasteiger partial charge on any atom is -0.481 e. The van der Waals surface area contributed by atoms with Crippen molar-refractivity contribution in [3.05, 3.63) is 24.3 Å². The minimum absolute atomic E-state index is 0.0131. The molecule has 0 radical (unpaired) electrons. The average Bonchev–Trinajstić information content (AvgIpc) is 3.80. The van der Waals surface area contributed by atoms with Crippen LogP contribution in [0.2, 0.25) is 0 Å². The Bertz CT molecular complexity index is 2140. The Balaban J connectivity index is 0.883. The number of esters is 1. The third-order valence-electron chi connectivity index (χ3n) is 28.7. The Hall–Kier alpha value is -1.62. The molecule has 0 aromatic rings. The molecule has 0 heterocycles. The third kappa shape index (κ3) is 6.46. The zero-order valence-corrected chi connectivity index (χ0v) is 46.8. The molecule has 1 unspecified atom stereocenters. The molecule has 0 aromatic heterocycles. The van der Waals surface area contributed by atoms with Gasteiger partial charge in [0, 0.05) is 5.41 Å². The zero-order valence-electron chi connectivity index (χ0n) is 46.8. The van der Waals surface area contributed by atoms with Gasteiger partial charge in [-0.1, -0.05) is 107 Å². The number of carbonyl (C=O) groups is 2. The second-order valence-corrected chi connectivity index (χ2v) is 31.3. The normalized spacial score (nSPS) is 54.9. The number of aliphatic hydroxyl groups is 1. The van der Waals surface area contributed by atoms with Gasteiger partial charge in [0.05, 0.1) is 17.9 Å². The van der Waals surface area contributed by atoms with Crippen molar-refractivity contribution in [3.8, 4) is 0 Å². The van der Waals surface area contributed by atoms with E-state index in [4.69, 9.17) is 4.74 Å². The summed E-state index contributed by atoms with van der Waals surface area (Å²) in [6, 6.07) is 0. The number of carboxylic acid groups (broad SMARTS) is 1. The number of rotatable bonds is 7. The van der Waals surface area contributed by atoms with Crippen molar-refractivity contribution in [1.82, 2.24) is 0 Å². The molecule has 0 aliphatic heterocycles. The second kappa shape index (κ2) is 15.7. The summed E-state index contributed by atoms with van der Waals surface area (Å²) in [5.74, 6) is 3.32. The molecule has 5 nitrogen and oxygen atoms in total. The highest BCUT2D eigenvalue weighted by molar-refractivity contribution is 5.80. The lowest BCUT2D eigenvalue weighted by Crippen LogP contribution is -2.70. The lowest BCUT2D eigenvalue weighted by molar-refractivity contribution is -0.276. The van der Waals surface area contributed by atoms with E-state index in [9.17, 15) is 15.0 Å². The smallest absolute Gasteiger partial charge is 0.312 e. The molecular formula is C64H102O5. The van der Waals surface area contributed by atoms with Crippen LogP contribution >= 0.6 is 0 Å². The molecular weight excluding hydrogens is 849 g/mol. The first-order valence-electron chi connectivity index (χ1n) is 29.3. The molecule has 10 aliphatic rings. The first-order chi connectivity index (χ1) is 31.9. The summed E-state index contributed by atoms with van der Waals surface area (Å²) in [6.45, 7) is 44.1. The van der Waals surface area contributed by atoms with Crippen LogP contribution in [0.25, 0.3) is 0 Å². The van der Waals surface area contributed by atoms with Crippen molar-refractivity contribution >= 4 is 11.9 Å². The highest BCUT2D eigenvalue weighted by Crippen LogP contribution is 2.80. The first-order valence-corrected chi connectivity index (χ1v) is 29.3. The lowest BCUT2D eigenvalue weighted by atomic mass is 9.31. The van der Waals surface area contributed by atoms with Crippen molar-refractivity contribution in [2.24, 2.45) is 119 Å². The van der Waals surface area contributed by atoms with E-state index in [1.54, 1.807) is 0 Å². The molecule has 0 aromatic carbocycles. The predicted molar refractivity (Wildman–Crippen MR) is 280 cm³/mol. The molecule has 388 valence electrons. The topological polar surface area (TPSA) is 83.8 Å². The van der Waals surface area contributed by atoms with Crippen LogP contribution in [-0.2, 0) is 14.3 Å².